The SMILES string of the molecule is CCN(CC1C=CC(N)C1)c1cccc2ccccc12. The monoisotopic (exact) mass is 266 g/mol. The maximum Gasteiger partial charge on any atom is 0.0445 e. The van der Waals surface area contributed by atoms with E-state index in [0.29, 0.717) is 5.92 Å². The Morgan fingerprint density at radius 3 is 2.65 bits per heavy atom. The quantitative estimate of drug-likeness (QED) is 0.857. The van der Waals surface area contributed by atoms with Crippen LogP contribution in [0, 0.1) is 5.92 Å². The fourth-order valence-corrected chi connectivity index (χ4v) is 3.11. The van der Waals surface area contributed by atoms with Crippen LogP contribution in [0.5, 0.6) is 0 Å². The highest BCUT2D eigenvalue weighted by Crippen LogP contribution is 2.28. The second-order valence-electron chi connectivity index (χ2n) is 5.58. The molecule has 0 amide bonds. The number of hydrogen-bond acceptors (Lipinski definition) is 2. The molecule has 2 unspecified atom stereocenters. The van der Waals surface area contributed by atoms with Gasteiger partial charge in [-0.2, -0.15) is 0 Å². The van der Waals surface area contributed by atoms with Crippen molar-refractivity contribution in [3.63, 3.8) is 0 Å². The molecule has 0 fully saturated rings. The van der Waals surface area contributed by atoms with Gasteiger partial charge in [0.2, 0.25) is 0 Å². The molecule has 0 radical (unpaired) electrons. The van der Waals surface area contributed by atoms with Crippen molar-refractivity contribution in [3.05, 3.63) is 54.6 Å². The van der Waals surface area contributed by atoms with Crippen LogP contribution in [-0.2, 0) is 0 Å². The lowest BCUT2D eigenvalue weighted by atomic mass is 10.0. The minimum atomic E-state index is 0.242. The number of fused-ring (bicyclic) bond motifs is 1. The van der Waals surface area contributed by atoms with E-state index >= 15 is 0 Å². The summed E-state index contributed by atoms with van der Waals surface area (Å²) in [6.07, 6.45) is 5.49. The van der Waals surface area contributed by atoms with Crippen molar-refractivity contribution in [1.29, 1.82) is 0 Å². The molecular weight excluding hydrogens is 244 g/mol. The van der Waals surface area contributed by atoms with E-state index < -0.39 is 0 Å². The van der Waals surface area contributed by atoms with E-state index in [-0.39, 0.29) is 6.04 Å². The average molecular weight is 266 g/mol. The minimum Gasteiger partial charge on any atom is -0.371 e. The van der Waals surface area contributed by atoms with Gasteiger partial charge in [-0.1, -0.05) is 48.6 Å². The lowest BCUT2D eigenvalue weighted by molar-refractivity contribution is 0.576. The number of benzene rings is 2. The van der Waals surface area contributed by atoms with Gasteiger partial charge in [-0.25, -0.2) is 0 Å². The second kappa shape index (κ2) is 5.68. The van der Waals surface area contributed by atoms with Gasteiger partial charge in [0.15, 0.2) is 0 Å². The van der Waals surface area contributed by atoms with Crippen LogP contribution in [0.4, 0.5) is 5.69 Å². The molecule has 2 aromatic rings. The summed E-state index contributed by atoms with van der Waals surface area (Å²) in [6.45, 7) is 4.29. The number of hydrogen-bond donors (Lipinski definition) is 1. The fourth-order valence-electron chi connectivity index (χ4n) is 3.11. The van der Waals surface area contributed by atoms with Crippen LogP contribution in [0.1, 0.15) is 13.3 Å². The molecule has 0 bridgehead atoms. The van der Waals surface area contributed by atoms with Gasteiger partial charge in [0.1, 0.15) is 0 Å². The van der Waals surface area contributed by atoms with Gasteiger partial charge in [0, 0.05) is 30.2 Å². The van der Waals surface area contributed by atoms with Crippen molar-refractivity contribution in [1.82, 2.24) is 0 Å². The maximum atomic E-state index is 5.97. The summed E-state index contributed by atoms with van der Waals surface area (Å²) in [6, 6.07) is 15.4. The molecule has 2 N–H and O–H groups in total. The Bertz CT molecular complexity index is 612. The van der Waals surface area contributed by atoms with E-state index in [4.69, 9.17) is 5.73 Å². The van der Waals surface area contributed by atoms with Crippen molar-refractivity contribution in [2.75, 3.05) is 18.0 Å². The fraction of sp³-hybridized carbons (Fsp3) is 0.333. The summed E-state index contributed by atoms with van der Waals surface area (Å²) < 4.78 is 0. The Morgan fingerprint density at radius 1 is 1.10 bits per heavy atom. The smallest absolute Gasteiger partial charge is 0.0445 e. The molecule has 2 aromatic carbocycles. The topological polar surface area (TPSA) is 29.3 Å². The van der Waals surface area contributed by atoms with Crippen LogP contribution < -0.4 is 10.6 Å². The number of rotatable bonds is 4. The molecule has 0 saturated carbocycles. The summed E-state index contributed by atoms with van der Waals surface area (Å²) in [5, 5.41) is 2.64. The van der Waals surface area contributed by atoms with Gasteiger partial charge in [-0.05, 0) is 30.7 Å². The first-order valence-corrected chi connectivity index (χ1v) is 7.44. The molecule has 3 rings (SSSR count). The van der Waals surface area contributed by atoms with Crippen LogP contribution in [0.25, 0.3) is 10.8 Å². The lowest BCUT2D eigenvalue weighted by Gasteiger charge is -2.27. The first kappa shape index (κ1) is 13.2. The summed E-state index contributed by atoms with van der Waals surface area (Å²) in [4.78, 5) is 2.47. The predicted molar refractivity (Wildman–Crippen MR) is 87.1 cm³/mol. The Balaban J connectivity index is 1.89. The van der Waals surface area contributed by atoms with Crippen LogP contribution in [0.15, 0.2) is 54.6 Å². The molecule has 0 aromatic heterocycles. The molecule has 104 valence electrons. The number of nitrogens with zero attached hydrogens (tertiary/aromatic N) is 1. The Labute approximate surface area is 120 Å². The Kier molecular flexibility index (Phi) is 3.75. The number of anilines is 1. The third-order valence-corrected chi connectivity index (χ3v) is 4.15. The molecule has 2 atom stereocenters. The largest absolute Gasteiger partial charge is 0.371 e. The highest BCUT2D eigenvalue weighted by Gasteiger charge is 2.19. The summed E-state index contributed by atoms with van der Waals surface area (Å²) in [5.41, 5.74) is 7.30. The lowest BCUT2D eigenvalue weighted by Crippen LogP contribution is -2.29. The summed E-state index contributed by atoms with van der Waals surface area (Å²) in [7, 11) is 0. The molecule has 20 heavy (non-hydrogen) atoms. The first-order valence-electron chi connectivity index (χ1n) is 7.44. The zero-order chi connectivity index (χ0) is 13.9. The van der Waals surface area contributed by atoms with Crippen molar-refractivity contribution < 1.29 is 0 Å². The molecule has 0 saturated heterocycles. The average Bonchev–Trinajstić information content (AvgIpc) is 2.89. The van der Waals surface area contributed by atoms with Crippen LogP contribution in [0.3, 0.4) is 0 Å². The predicted octanol–water partition coefficient (Wildman–Crippen LogP) is 3.57. The van der Waals surface area contributed by atoms with Crippen molar-refractivity contribution in [2.24, 2.45) is 11.7 Å². The second-order valence-corrected chi connectivity index (χ2v) is 5.58. The standard InChI is InChI=1S/C18H22N2/c1-2-20(13-14-10-11-16(19)12-14)18-9-5-7-15-6-3-4-8-17(15)18/h3-11,14,16H,2,12-13,19H2,1H3. The van der Waals surface area contributed by atoms with E-state index in [2.05, 4.69) is 66.4 Å². The Morgan fingerprint density at radius 2 is 1.90 bits per heavy atom. The molecule has 0 heterocycles. The third kappa shape index (κ3) is 2.56. The van der Waals surface area contributed by atoms with E-state index in [9.17, 15) is 0 Å². The zero-order valence-electron chi connectivity index (χ0n) is 12.0. The highest BCUT2D eigenvalue weighted by atomic mass is 15.1. The normalized spacial score (nSPS) is 21.5. The van der Waals surface area contributed by atoms with Crippen molar-refractivity contribution in [2.45, 2.75) is 19.4 Å². The summed E-state index contributed by atoms with van der Waals surface area (Å²) >= 11 is 0. The molecule has 0 aliphatic heterocycles. The number of nitrogens with two attached hydrogens (primary N) is 1. The zero-order valence-corrected chi connectivity index (χ0v) is 12.0. The van der Waals surface area contributed by atoms with Crippen molar-refractivity contribution in [3.8, 4) is 0 Å². The van der Waals surface area contributed by atoms with Crippen LogP contribution >= 0.6 is 0 Å². The van der Waals surface area contributed by atoms with Gasteiger partial charge >= 0.3 is 0 Å². The molecule has 1 aliphatic carbocycles. The van der Waals surface area contributed by atoms with Crippen LogP contribution in [0.2, 0.25) is 0 Å². The maximum absolute atomic E-state index is 5.97. The van der Waals surface area contributed by atoms with Gasteiger partial charge in [0.05, 0.1) is 0 Å². The van der Waals surface area contributed by atoms with Gasteiger partial charge in [-0.15, -0.1) is 0 Å². The summed E-state index contributed by atoms with van der Waals surface area (Å²) in [5.74, 6) is 0.573. The van der Waals surface area contributed by atoms with Gasteiger partial charge < -0.3 is 10.6 Å². The van der Waals surface area contributed by atoms with Gasteiger partial charge in [-0.3, -0.25) is 0 Å². The molecule has 2 heteroatoms. The van der Waals surface area contributed by atoms with E-state index in [1.807, 2.05) is 0 Å². The Hall–Kier alpha value is -1.80. The van der Waals surface area contributed by atoms with Crippen molar-refractivity contribution >= 4 is 16.5 Å². The van der Waals surface area contributed by atoms with Crippen LogP contribution in [-0.4, -0.2) is 19.1 Å². The minimum absolute atomic E-state index is 0.242. The van der Waals surface area contributed by atoms with E-state index in [1.165, 1.54) is 16.5 Å². The molecular formula is C18H22N2. The highest BCUT2D eigenvalue weighted by molar-refractivity contribution is 5.94. The molecule has 0 spiro atoms. The third-order valence-electron chi connectivity index (χ3n) is 4.15. The van der Waals surface area contributed by atoms with Gasteiger partial charge in [0.25, 0.3) is 0 Å². The molecule has 1 aliphatic rings. The van der Waals surface area contributed by atoms with E-state index in [0.717, 1.165) is 19.5 Å². The van der Waals surface area contributed by atoms with E-state index in [1.54, 1.807) is 0 Å². The molecule has 2 nitrogen and oxygen atoms in total. The first-order chi connectivity index (χ1) is 9.78.